The molecule has 0 saturated carbocycles. The monoisotopic (exact) mass is 456 g/mol. The first kappa shape index (κ1) is 21.5. The Hall–Kier alpha value is -2.75. The van der Waals surface area contributed by atoms with Gasteiger partial charge < -0.3 is 4.90 Å². The number of carbonyl (C=O) groups is 1. The maximum atomic E-state index is 13.2. The second kappa shape index (κ2) is 8.78. The fraction of sp³-hybridized carbons (Fsp3) is 0.273. The number of benzene rings is 2. The summed E-state index contributed by atoms with van der Waals surface area (Å²) in [4.78, 5) is 19.9. The number of aromatic nitrogens is 1. The van der Waals surface area contributed by atoms with E-state index in [0.717, 1.165) is 47.2 Å². The summed E-state index contributed by atoms with van der Waals surface area (Å²) < 4.78 is 26.4. The topological polar surface area (TPSA) is 82.6 Å². The Labute approximate surface area is 186 Å². The third-order valence-electron chi connectivity index (χ3n) is 5.23. The number of amides is 1. The van der Waals surface area contributed by atoms with Gasteiger partial charge in [-0.3, -0.25) is 10.1 Å². The number of nitrogens with one attached hydrogen (secondary N) is 1. The van der Waals surface area contributed by atoms with Gasteiger partial charge in [0.2, 0.25) is 10.0 Å². The molecule has 0 bridgehead atoms. The van der Waals surface area contributed by atoms with E-state index in [2.05, 4.69) is 15.2 Å². The van der Waals surface area contributed by atoms with Gasteiger partial charge in [0, 0.05) is 43.8 Å². The van der Waals surface area contributed by atoms with Crippen molar-refractivity contribution < 1.29 is 13.2 Å². The Morgan fingerprint density at radius 3 is 2.48 bits per heavy atom. The molecule has 4 rings (SSSR count). The van der Waals surface area contributed by atoms with Gasteiger partial charge in [-0.25, -0.2) is 17.7 Å². The van der Waals surface area contributed by atoms with Crippen molar-refractivity contribution in [2.24, 2.45) is 0 Å². The van der Waals surface area contributed by atoms with Crippen molar-refractivity contribution in [2.45, 2.75) is 17.7 Å². The molecule has 9 heteroatoms. The van der Waals surface area contributed by atoms with E-state index < -0.39 is 10.0 Å². The van der Waals surface area contributed by atoms with Crippen molar-refractivity contribution in [1.29, 1.82) is 0 Å². The summed E-state index contributed by atoms with van der Waals surface area (Å²) in [5, 5.41) is 5.21. The highest BCUT2D eigenvalue weighted by molar-refractivity contribution is 7.89. The number of nitrogens with zero attached hydrogens (tertiary/aromatic N) is 3. The van der Waals surface area contributed by atoms with Crippen molar-refractivity contribution in [3.05, 3.63) is 59.5 Å². The summed E-state index contributed by atoms with van der Waals surface area (Å²) in [6, 6.07) is 14.5. The predicted octanol–water partition coefficient (Wildman–Crippen LogP) is 3.91. The van der Waals surface area contributed by atoms with Crippen LogP contribution >= 0.6 is 11.3 Å². The molecule has 0 atom stereocenters. The number of hydrogen-bond donors (Lipinski definition) is 1. The van der Waals surface area contributed by atoms with E-state index in [1.807, 2.05) is 35.7 Å². The molecule has 0 radical (unpaired) electrons. The first-order valence-electron chi connectivity index (χ1n) is 10.00. The second-order valence-corrected chi connectivity index (χ2v) is 10.5. The molecule has 31 heavy (non-hydrogen) atoms. The van der Waals surface area contributed by atoms with Crippen LogP contribution in [0.1, 0.15) is 23.2 Å². The quantitative estimate of drug-likeness (QED) is 0.608. The average molecular weight is 457 g/mol. The number of thiazole rings is 1. The number of hydrogen-bond acceptors (Lipinski definition) is 6. The third kappa shape index (κ3) is 4.48. The van der Waals surface area contributed by atoms with Gasteiger partial charge in [-0.15, -0.1) is 11.3 Å². The summed E-state index contributed by atoms with van der Waals surface area (Å²) in [5.74, 6) is -0.369. The van der Waals surface area contributed by atoms with Crippen LogP contribution in [0, 0.1) is 0 Å². The minimum Gasteiger partial charge on any atom is -0.371 e. The molecule has 0 aliphatic carbocycles. The van der Waals surface area contributed by atoms with Crippen molar-refractivity contribution in [2.75, 3.05) is 37.4 Å². The van der Waals surface area contributed by atoms with Crippen LogP contribution in [0.15, 0.2) is 58.8 Å². The van der Waals surface area contributed by atoms with Crippen LogP contribution < -0.4 is 10.2 Å². The highest BCUT2D eigenvalue weighted by atomic mass is 32.2. The predicted molar refractivity (Wildman–Crippen MR) is 124 cm³/mol. The zero-order chi connectivity index (χ0) is 22.0. The molecule has 3 aromatic rings. The fourth-order valence-corrected chi connectivity index (χ4v) is 5.18. The standard InChI is InChI=1S/C22H24N4O3S2/c1-25(2)31(28,29)17-10-11-20(26-12-6-7-13-26)18(14-17)21(27)24-22-23-19(15-30-22)16-8-4-3-5-9-16/h3-5,8-11,14-15H,6-7,12-13H2,1-2H3,(H,23,24,27). The number of sulfonamides is 1. The van der Waals surface area contributed by atoms with Gasteiger partial charge >= 0.3 is 0 Å². The first-order chi connectivity index (χ1) is 14.9. The minimum atomic E-state index is -3.66. The molecule has 0 unspecified atom stereocenters. The van der Waals surface area contributed by atoms with Gasteiger partial charge in [-0.2, -0.15) is 0 Å². The summed E-state index contributed by atoms with van der Waals surface area (Å²) >= 11 is 1.34. The Morgan fingerprint density at radius 2 is 1.81 bits per heavy atom. The van der Waals surface area contributed by atoms with Gasteiger partial charge in [0.1, 0.15) is 0 Å². The van der Waals surface area contributed by atoms with E-state index in [-0.39, 0.29) is 10.8 Å². The molecular weight excluding hydrogens is 432 g/mol. The molecule has 7 nitrogen and oxygen atoms in total. The van der Waals surface area contributed by atoms with Crippen LogP contribution in [-0.2, 0) is 10.0 Å². The van der Waals surface area contributed by atoms with E-state index in [0.29, 0.717) is 10.7 Å². The van der Waals surface area contributed by atoms with Gasteiger partial charge in [0.15, 0.2) is 5.13 Å². The molecule has 1 fully saturated rings. The molecule has 1 aliphatic heterocycles. The number of anilines is 2. The molecule has 2 aromatic carbocycles. The molecule has 1 saturated heterocycles. The zero-order valence-electron chi connectivity index (χ0n) is 17.4. The normalized spacial score (nSPS) is 14.2. The molecule has 162 valence electrons. The SMILES string of the molecule is CN(C)S(=O)(=O)c1ccc(N2CCCC2)c(C(=O)Nc2nc(-c3ccccc3)cs2)c1. The molecule has 1 aliphatic rings. The van der Waals surface area contributed by atoms with Crippen LogP contribution in [0.2, 0.25) is 0 Å². The Bertz CT molecular complexity index is 1180. The number of rotatable bonds is 6. The Morgan fingerprint density at radius 1 is 1.10 bits per heavy atom. The maximum Gasteiger partial charge on any atom is 0.259 e. The lowest BCUT2D eigenvalue weighted by molar-refractivity contribution is 0.102. The van der Waals surface area contributed by atoms with Crippen LogP contribution in [0.5, 0.6) is 0 Å². The smallest absolute Gasteiger partial charge is 0.259 e. The number of carbonyl (C=O) groups excluding carboxylic acids is 1. The highest BCUT2D eigenvalue weighted by Crippen LogP contribution is 2.30. The molecule has 1 aromatic heterocycles. The van der Waals surface area contributed by atoms with Crippen LogP contribution in [0.25, 0.3) is 11.3 Å². The molecular formula is C22H24N4O3S2. The van der Waals surface area contributed by atoms with Gasteiger partial charge in [0.05, 0.1) is 16.2 Å². The van der Waals surface area contributed by atoms with Crippen LogP contribution in [0.3, 0.4) is 0 Å². The lowest BCUT2D eigenvalue weighted by Crippen LogP contribution is -2.25. The highest BCUT2D eigenvalue weighted by Gasteiger charge is 2.25. The minimum absolute atomic E-state index is 0.0923. The average Bonchev–Trinajstić information content (AvgIpc) is 3.46. The first-order valence-corrected chi connectivity index (χ1v) is 12.3. The summed E-state index contributed by atoms with van der Waals surface area (Å²) in [6.07, 6.45) is 2.09. The van der Waals surface area contributed by atoms with E-state index in [1.165, 1.54) is 31.5 Å². The van der Waals surface area contributed by atoms with Crippen LogP contribution in [-0.4, -0.2) is 50.8 Å². The van der Waals surface area contributed by atoms with E-state index in [1.54, 1.807) is 12.1 Å². The largest absolute Gasteiger partial charge is 0.371 e. The van der Waals surface area contributed by atoms with Gasteiger partial charge in [-0.05, 0) is 31.0 Å². The second-order valence-electron chi connectivity index (χ2n) is 7.52. The lowest BCUT2D eigenvalue weighted by Gasteiger charge is -2.22. The van der Waals surface area contributed by atoms with E-state index in [9.17, 15) is 13.2 Å². The van der Waals surface area contributed by atoms with E-state index in [4.69, 9.17) is 0 Å². The summed E-state index contributed by atoms with van der Waals surface area (Å²) in [6.45, 7) is 1.69. The summed E-state index contributed by atoms with van der Waals surface area (Å²) in [7, 11) is -0.704. The van der Waals surface area contributed by atoms with Crippen molar-refractivity contribution in [3.8, 4) is 11.3 Å². The van der Waals surface area contributed by atoms with Crippen molar-refractivity contribution in [3.63, 3.8) is 0 Å². The molecule has 1 amide bonds. The van der Waals surface area contributed by atoms with Gasteiger partial charge in [-0.1, -0.05) is 30.3 Å². The van der Waals surface area contributed by atoms with Crippen molar-refractivity contribution >= 4 is 38.1 Å². The molecule has 0 spiro atoms. The Balaban J connectivity index is 1.66. The molecule has 2 heterocycles. The van der Waals surface area contributed by atoms with Gasteiger partial charge in [0.25, 0.3) is 5.91 Å². The van der Waals surface area contributed by atoms with E-state index >= 15 is 0 Å². The van der Waals surface area contributed by atoms with Crippen LogP contribution in [0.4, 0.5) is 10.8 Å². The zero-order valence-corrected chi connectivity index (χ0v) is 19.0. The molecule has 1 N–H and O–H groups in total. The fourth-order valence-electron chi connectivity index (χ4n) is 3.54. The lowest BCUT2D eigenvalue weighted by atomic mass is 10.1. The Kier molecular flexibility index (Phi) is 6.08. The summed E-state index contributed by atoms with van der Waals surface area (Å²) in [5.41, 5.74) is 2.83. The third-order valence-corrected chi connectivity index (χ3v) is 7.80. The van der Waals surface area contributed by atoms with Crippen molar-refractivity contribution in [1.82, 2.24) is 9.29 Å². The maximum absolute atomic E-state index is 13.2.